The van der Waals surface area contributed by atoms with E-state index in [2.05, 4.69) is 24.8 Å². The van der Waals surface area contributed by atoms with Gasteiger partial charge in [0, 0.05) is 5.56 Å². The maximum Gasteiger partial charge on any atom is 0.416 e. The summed E-state index contributed by atoms with van der Waals surface area (Å²) in [6.45, 7) is 2.30. The number of hydrogen-bond acceptors (Lipinski definition) is 0. The molecule has 0 unspecified atom stereocenters. The van der Waals surface area contributed by atoms with Crippen molar-refractivity contribution in [2.75, 3.05) is 0 Å². The molecule has 2 saturated carbocycles. The number of unbranched alkanes of at least 4 members (excludes halogenated alkanes) is 1. The zero-order valence-electron chi connectivity index (χ0n) is 19.6. The topological polar surface area (TPSA) is 0 Å². The predicted molar refractivity (Wildman–Crippen MR) is 127 cm³/mol. The monoisotopic (exact) mass is 444 g/mol. The first kappa shape index (κ1) is 24.9. The van der Waals surface area contributed by atoms with Gasteiger partial charge in [-0.15, -0.1) is 0 Å². The first-order chi connectivity index (χ1) is 15.4. The fraction of sp³-hybridized carbons (Fsp3) is 0.655. The summed E-state index contributed by atoms with van der Waals surface area (Å²) in [6.07, 6.45) is 17.8. The molecular formula is C29H39F3. The average Bonchev–Trinajstić information content (AvgIpc) is 2.80. The summed E-state index contributed by atoms with van der Waals surface area (Å²) in [5, 5.41) is 0. The lowest BCUT2D eigenvalue weighted by Crippen LogP contribution is -2.17. The van der Waals surface area contributed by atoms with E-state index in [9.17, 15) is 13.2 Å². The molecule has 0 heterocycles. The Morgan fingerprint density at radius 1 is 0.812 bits per heavy atom. The summed E-state index contributed by atoms with van der Waals surface area (Å²) in [5.74, 6) is 9.42. The summed E-state index contributed by atoms with van der Waals surface area (Å²) < 4.78 is 37.8. The van der Waals surface area contributed by atoms with Crippen molar-refractivity contribution in [1.29, 1.82) is 0 Å². The van der Waals surface area contributed by atoms with E-state index in [0.29, 0.717) is 11.5 Å². The lowest BCUT2D eigenvalue weighted by Gasteiger charge is -2.31. The van der Waals surface area contributed by atoms with Crippen LogP contribution in [0, 0.1) is 35.5 Å². The van der Waals surface area contributed by atoms with Gasteiger partial charge in [0.1, 0.15) is 0 Å². The van der Waals surface area contributed by atoms with Gasteiger partial charge in [0.25, 0.3) is 0 Å². The molecule has 0 atom stereocenters. The highest BCUT2D eigenvalue weighted by atomic mass is 19.4. The molecule has 0 spiro atoms. The minimum atomic E-state index is -4.29. The molecule has 1 aromatic rings. The van der Waals surface area contributed by atoms with Gasteiger partial charge >= 0.3 is 6.18 Å². The van der Waals surface area contributed by atoms with Crippen LogP contribution >= 0.6 is 0 Å². The van der Waals surface area contributed by atoms with Crippen LogP contribution in [0.5, 0.6) is 0 Å². The minimum absolute atomic E-state index is 0.599. The van der Waals surface area contributed by atoms with Gasteiger partial charge in [0.2, 0.25) is 0 Å². The van der Waals surface area contributed by atoms with Crippen molar-refractivity contribution in [1.82, 2.24) is 0 Å². The fourth-order valence-corrected chi connectivity index (χ4v) is 5.49. The number of rotatable bonds is 7. The summed E-state index contributed by atoms with van der Waals surface area (Å²) in [5.41, 5.74) is -0.0132. The molecule has 0 N–H and O–H groups in total. The number of halogens is 3. The Balaban J connectivity index is 1.32. The Morgan fingerprint density at radius 3 is 1.88 bits per heavy atom. The Bertz CT molecular complexity index is 746. The van der Waals surface area contributed by atoms with E-state index < -0.39 is 11.7 Å². The third-order valence-corrected chi connectivity index (χ3v) is 7.69. The molecule has 0 amide bonds. The van der Waals surface area contributed by atoms with Crippen molar-refractivity contribution in [2.24, 2.45) is 23.7 Å². The molecule has 32 heavy (non-hydrogen) atoms. The Kier molecular flexibility index (Phi) is 9.76. The molecule has 1 aromatic carbocycles. The number of allylic oxidation sites excluding steroid dienone is 2. The molecule has 176 valence electrons. The van der Waals surface area contributed by atoms with Crippen LogP contribution in [0.2, 0.25) is 0 Å². The third-order valence-electron chi connectivity index (χ3n) is 7.69. The Morgan fingerprint density at radius 2 is 1.34 bits per heavy atom. The first-order valence-electron chi connectivity index (χ1n) is 12.8. The second kappa shape index (κ2) is 12.5. The van der Waals surface area contributed by atoms with E-state index in [0.717, 1.165) is 29.9 Å². The molecule has 3 rings (SSSR count). The van der Waals surface area contributed by atoms with E-state index in [1.807, 2.05) is 6.08 Å². The lowest BCUT2D eigenvalue weighted by molar-refractivity contribution is -0.137. The average molecular weight is 445 g/mol. The number of benzene rings is 1. The maximum atomic E-state index is 12.6. The van der Waals surface area contributed by atoms with Crippen LogP contribution in [0.3, 0.4) is 0 Å². The van der Waals surface area contributed by atoms with E-state index in [-0.39, 0.29) is 0 Å². The van der Waals surface area contributed by atoms with Gasteiger partial charge in [-0.2, -0.15) is 13.2 Å². The maximum absolute atomic E-state index is 12.6. The third kappa shape index (κ3) is 8.34. The standard InChI is InChI=1S/C29H39F3/c1-2-3-6-23-9-13-26(14-10-23)17-18-27-15-11-24(12-16-27)7-4-5-8-25-19-21-28(22-20-25)29(30,31)32/h4,7,19-24,26-27H,2-3,6,9-18H2,1H3/b7-4+. The number of alkyl halides is 3. The molecule has 0 nitrogen and oxygen atoms in total. The molecule has 0 aliphatic heterocycles. The van der Waals surface area contributed by atoms with Crippen molar-refractivity contribution in [3.63, 3.8) is 0 Å². The highest BCUT2D eigenvalue weighted by Gasteiger charge is 2.29. The highest BCUT2D eigenvalue weighted by molar-refractivity contribution is 5.39. The molecule has 0 radical (unpaired) electrons. The summed E-state index contributed by atoms with van der Waals surface area (Å²) in [7, 11) is 0. The summed E-state index contributed by atoms with van der Waals surface area (Å²) in [6, 6.07) is 5.05. The van der Waals surface area contributed by atoms with Crippen LogP contribution < -0.4 is 0 Å². The van der Waals surface area contributed by atoms with Crippen molar-refractivity contribution in [3.05, 3.63) is 47.5 Å². The van der Waals surface area contributed by atoms with Gasteiger partial charge in [-0.1, -0.05) is 82.6 Å². The zero-order valence-corrected chi connectivity index (χ0v) is 19.6. The van der Waals surface area contributed by atoms with Gasteiger partial charge in [0.15, 0.2) is 0 Å². The van der Waals surface area contributed by atoms with Crippen LogP contribution in [0.1, 0.15) is 102 Å². The van der Waals surface area contributed by atoms with Gasteiger partial charge in [-0.05, 0) is 79.7 Å². The summed E-state index contributed by atoms with van der Waals surface area (Å²) >= 11 is 0. The van der Waals surface area contributed by atoms with Crippen LogP contribution in [-0.2, 0) is 6.18 Å². The summed E-state index contributed by atoms with van der Waals surface area (Å²) in [4.78, 5) is 0. The molecule has 2 aliphatic carbocycles. The normalized spacial score (nSPS) is 26.6. The zero-order chi connectivity index (χ0) is 22.8. The van der Waals surface area contributed by atoms with Gasteiger partial charge in [-0.25, -0.2) is 0 Å². The molecule has 2 aliphatic rings. The van der Waals surface area contributed by atoms with Crippen LogP contribution in [-0.4, -0.2) is 0 Å². The second-order valence-electron chi connectivity index (χ2n) is 10.1. The molecule has 0 saturated heterocycles. The Labute approximate surface area is 193 Å². The van der Waals surface area contributed by atoms with Crippen molar-refractivity contribution in [3.8, 4) is 11.8 Å². The van der Waals surface area contributed by atoms with Crippen molar-refractivity contribution < 1.29 is 13.2 Å². The van der Waals surface area contributed by atoms with Gasteiger partial charge < -0.3 is 0 Å². The van der Waals surface area contributed by atoms with Crippen LogP contribution in [0.25, 0.3) is 0 Å². The molecule has 2 fully saturated rings. The molecule has 0 bridgehead atoms. The van der Waals surface area contributed by atoms with E-state index in [4.69, 9.17) is 0 Å². The second-order valence-corrected chi connectivity index (χ2v) is 10.1. The largest absolute Gasteiger partial charge is 0.416 e. The van der Waals surface area contributed by atoms with E-state index in [1.165, 1.54) is 95.6 Å². The van der Waals surface area contributed by atoms with E-state index >= 15 is 0 Å². The first-order valence-corrected chi connectivity index (χ1v) is 12.8. The highest BCUT2D eigenvalue weighted by Crippen LogP contribution is 2.38. The smallest absolute Gasteiger partial charge is 0.166 e. The van der Waals surface area contributed by atoms with Gasteiger partial charge in [0.05, 0.1) is 5.56 Å². The fourth-order valence-electron chi connectivity index (χ4n) is 5.49. The van der Waals surface area contributed by atoms with Crippen molar-refractivity contribution >= 4 is 0 Å². The Hall–Kier alpha value is -1.69. The van der Waals surface area contributed by atoms with Crippen LogP contribution in [0.15, 0.2) is 36.4 Å². The SMILES string of the molecule is CCCCC1CCC(CCC2CCC(/C=C/C#Cc3ccc(C(F)(F)F)cc3)CC2)CC1. The molecular weight excluding hydrogens is 405 g/mol. The quantitative estimate of drug-likeness (QED) is 0.368. The lowest BCUT2D eigenvalue weighted by atomic mass is 9.75. The minimum Gasteiger partial charge on any atom is -0.166 e. The molecule has 0 aromatic heterocycles. The predicted octanol–water partition coefficient (Wildman–Crippen LogP) is 9.20. The molecule has 3 heteroatoms. The van der Waals surface area contributed by atoms with E-state index in [1.54, 1.807) is 0 Å². The van der Waals surface area contributed by atoms with Crippen LogP contribution in [0.4, 0.5) is 13.2 Å². The van der Waals surface area contributed by atoms with Crippen molar-refractivity contribution in [2.45, 2.75) is 96.6 Å². The number of hydrogen-bond donors (Lipinski definition) is 0. The van der Waals surface area contributed by atoms with Gasteiger partial charge in [-0.3, -0.25) is 0 Å².